The van der Waals surface area contributed by atoms with Crippen molar-refractivity contribution in [1.29, 1.82) is 5.26 Å². The SMILES string of the molecule is COc1cc2c(cc1N1CCCC1C(C)(C)C)NC(=O)C=C(c1cccc(C#N)c1)N2. The highest BCUT2D eigenvalue weighted by Gasteiger charge is 2.36. The number of nitrogens with one attached hydrogen (secondary N) is 2. The number of hydrogen-bond acceptors (Lipinski definition) is 5. The Morgan fingerprint density at radius 2 is 1.94 bits per heavy atom. The number of methoxy groups -OCH3 is 1. The summed E-state index contributed by atoms with van der Waals surface area (Å²) < 4.78 is 5.77. The summed E-state index contributed by atoms with van der Waals surface area (Å²) in [5.41, 5.74) is 4.55. The van der Waals surface area contributed by atoms with Crippen LogP contribution in [0.15, 0.2) is 42.5 Å². The van der Waals surface area contributed by atoms with Crippen LogP contribution in [-0.4, -0.2) is 25.6 Å². The van der Waals surface area contributed by atoms with Gasteiger partial charge in [0.25, 0.3) is 5.91 Å². The third-order valence-corrected chi connectivity index (χ3v) is 5.99. The van der Waals surface area contributed by atoms with Crippen LogP contribution in [0.4, 0.5) is 17.1 Å². The molecule has 1 atom stereocenters. The van der Waals surface area contributed by atoms with Crippen molar-refractivity contribution in [2.75, 3.05) is 29.2 Å². The first kappa shape index (κ1) is 20.8. The lowest BCUT2D eigenvalue weighted by Gasteiger charge is -2.37. The zero-order chi connectivity index (χ0) is 22.2. The summed E-state index contributed by atoms with van der Waals surface area (Å²) in [5.74, 6) is 0.553. The van der Waals surface area contributed by atoms with Crippen molar-refractivity contribution >= 4 is 28.7 Å². The monoisotopic (exact) mass is 416 g/mol. The van der Waals surface area contributed by atoms with Gasteiger partial charge < -0.3 is 20.3 Å². The molecule has 1 fully saturated rings. The van der Waals surface area contributed by atoms with Crippen molar-refractivity contribution in [1.82, 2.24) is 0 Å². The number of nitrogens with zero attached hydrogens (tertiary/aromatic N) is 2. The molecule has 0 bridgehead atoms. The van der Waals surface area contributed by atoms with Gasteiger partial charge in [0.05, 0.1) is 41.5 Å². The summed E-state index contributed by atoms with van der Waals surface area (Å²) in [6, 6.07) is 13.7. The second-order valence-electron chi connectivity index (χ2n) is 9.15. The molecule has 6 heteroatoms. The minimum absolute atomic E-state index is 0.135. The maximum Gasteiger partial charge on any atom is 0.250 e. The van der Waals surface area contributed by atoms with E-state index in [0.29, 0.717) is 23.0 Å². The number of fused-ring (bicyclic) bond motifs is 1. The van der Waals surface area contributed by atoms with Crippen LogP contribution in [0.3, 0.4) is 0 Å². The van der Waals surface area contributed by atoms with Gasteiger partial charge in [0.1, 0.15) is 5.75 Å². The standard InChI is InChI=1S/C25H28N4O2/c1-25(2,3)23-9-6-10-29(23)21-12-19-20(13-22(21)31-4)27-18(14-24(30)28-19)17-8-5-7-16(11-17)15-26/h5,7-8,11-14,23,27H,6,9-10H2,1-4H3,(H,28,30). The number of carbonyl (C=O) groups is 1. The van der Waals surface area contributed by atoms with Gasteiger partial charge in [-0.2, -0.15) is 5.26 Å². The van der Waals surface area contributed by atoms with E-state index in [1.807, 2.05) is 24.3 Å². The molecule has 6 nitrogen and oxygen atoms in total. The Bertz CT molecular complexity index is 1090. The third-order valence-electron chi connectivity index (χ3n) is 5.99. The molecule has 1 saturated heterocycles. The second kappa shape index (κ2) is 7.99. The van der Waals surface area contributed by atoms with E-state index >= 15 is 0 Å². The fraction of sp³-hybridized carbons (Fsp3) is 0.360. The predicted octanol–water partition coefficient (Wildman–Crippen LogP) is 4.99. The minimum atomic E-state index is -0.214. The summed E-state index contributed by atoms with van der Waals surface area (Å²) in [6.07, 6.45) is 3.79. The van der Waals surface area contributed by atoms with Crippen LogP contribution in [0.2, 0.25) is 0 Å². The number of hydrogen-bond donors (Lipinski definition) is 2. The largest absolute Gasteiger partial charge is 0.495 e. The molecule has 2 heterocycles. The average Bonchev–Trinajstić information content (AvgIpc) is 3.18. The van der Waals surface area contributed by atoms with Crippen LogP contribution >= 0.6 is 0 Å². The summed E-state index contributed by atoms with van der Waals surface area (Å²) in [5, 5.41) is 15.6. The van der Waals surface area contributed by atoms with E-state index in [2.05, 4.69) is 42.4 Å². The summed E-state index contributed by atoms with van der Waals surface area (Å²) in [6.45, 7) is 7.76. The lowest BCUT2D eigenvalue weighted by atomic mass is 9.85. The Hall–Kier alpha value is -3.46. The fourth-order valence-electron chi connectivity index (χ4n) is 4.51. The van der Waals surface area contributed by atoms with Crippen LogP contribution in [0.25, 0.3) is 5.70 Å². The van der Waals surface area contributed by atoms with E-state index < -0.39 is 0 Å². The molecule has 2 aliphatic rings. The Morgan fingerprint density at radius 3 is 2.65 bits per heavy atom. The van der Waals surface area contributed by atoms with Gasteiger partial charge in [-0.05, 0) is 42.0 Å². The third kappa shape index (κ3) is 4.09. The molecular formula is C25H28N4O2. The molecule has 4 rings (SSSR count). The van der Waals surface area contributed by atoms with Gasteiger partial charge in [-0.3, -0.25) is 4.79 Å². The maximum atomic E-state index is 12.7. The number of nitriles is 1. The van der Waals surface area contributed by atoms with Crippen LogP contribution in [0.5, 0.6) is 5.75 Å². The van der Waals surface area contributed by atoms with E-state index in [1.165, 1.54) is 6.08 Å². The molecule has 1 amide bonds. The molecule has 2 aromatic rings. The summed E-state index contributed by atoms with van der Waals surface area (Å²) >= 11 is 0. The number of benzene rings is 2. The molecular weight excluding hydrogens is 388 g/mol. The first-order valence-electron chi connectivity index (χ1n) is 10.6. The van der Waals surface area contributed by atoms with Gasteiger partial charge in [0.15, 0.2) is 0 Å². The van der Waals surface area contributed by atoms with E-state index in [-0.39, 0.29) is 11.3 Å². The molecule has 0 saturated carbocycles. The van der Waals surface area contributed by atoms with Crippen LogP contribution in [0.1, 0.15) is 44.7 Å². The van der Waals surface area contributed by atoms with E-state index in [0.717, 1.165) is 42.1 Å². The first-order chi connectivity index (χ1) is 14.8. The highest BCUT2D eigenvalue weighted by atomic mass is 16.5. The second-order valence-corrected chi connectivity index (χ2v) is 9.15. The molecule has 31 heavy (non-hydrogen) atoms. The van der Waals surface area contributed by atoms with Crippen molar-refractivity contribution in [3.8, 4) is 11.8 Å². The van der Waals surface area contributed by atoms with Gasteiger partial charge >= 0.3 is 0 Å². The Kier molecular flexibility index (Phi) is 5.36. The van der Waals surface area contributed by atoms with Crippen LogP contribution in [-0.2, 0) is 4.79 Å². The highest BCUT2D eigenvalue weighted by molar-refractivity contribution is 6.10. The predicted molar refractivity (Wildman–Crippen MR) is 124 cm³/mol. The smallest absolute Gasteiger partial charge is 0.250 e. The Labute approximate surface area is 183 Å². The van der Waals surface area contributed by atoms with Crippen LogP contribution < -0.4 is 20.3 Å². The molecule has 2 aromatic carbocycles. The summed E-state index contributed by atoms with van der Waals surface area (Å²) in [4.78, 5) is 15.1. The zero-order valence-electron chi connectivity index (χ0n) is 18.5. The van der Waals surface area contributed by atoms with Crippen molar-refractivity contribution in [2.45, 2.75) is 39.7 Å². The maximum absolute atomic E-state index is 12.7. The molecule has 0 radical (unpaired) electrons. The van der Waals surface area contributed by atoms with E-state index in [9.17, 15) is 10.1 Å². The lowest BCUT2D eigenvalue weighted by molar-refractivity contribution is -0.111. The number of ether oxygens (including phenoxy) is 1. The molecule has 0 aliphatic carbocycles. The molecule has 0 spiro atoms. The highest BCUT2D eigenvalue weighted by Crippen LogP contribution is 2.44. The van der Waals surface area contributed by atoms with Crippen molar-refractivity contribution in [3.05, 3.63) is 53.6 Å². The molecule has 0 aromatic heterocycles. The first-order valence-corrected chi connectivity index (χ1v) is 10.6. The number of rotatable bonds is 3. The topological polar surface area (TPSA) is 77.4 Å². The fourth-order valence-corrected chi connectivity index (χ4v) is 4.51. The van der Waals surface area contributed by atoms with E-state index in [1.54, 1.807) is 19.2 Å². The van der Waals surface area contributed by atoms with Crippen LogP contribution in [0, 0.1) is 16.7 Å². The molecule has 2 aliphatic heterocycles. The van der Waals surface area contributed by atoms with Crippen molar-refractivity contribution < 1.29 is 9.53 Å². The lowest BCUT2D eigenvalue weighted by Crippen LogP contribution is -2.39. The molecule has 2 N–H and O–H groups in total. The number of anilines is 3. The zero-order valence-corrected chi connectivity index (χ0v) is 18.5. The van der Waals surface area contributed by atoms with Gasteiger partial charge in [-0.15, -0.1) is 0 Å². The van der Waals surface area contributed by atoms with E-state index in [4.69, 9.17) is 4.74 Å². The van der Waals surface area contributed by atoms with Gasteiger partial charge in [-0.25, -0.2) is 0 Å². The number of carbonyl (C=O) groups excluding carboxylic acids is 1. The van der Waals surface area contributed by atoms with Crippen molar-refractivity contribution in [3.63, 3.8) is 0 Å². The average molecular weight is 417 g/mol. The van der Waals surface area contributed by atoms with Gasteiger partial charge in [0, 0.05) is 24.7 Å². The summed E-state index contributed by atoms with van der Waals surface area (Å²) in [7, 11) is 1.68. The van der Waals surface area contributed by atoms with Gasteiger partial charge in [-0.1, -0.05) is 32.9 Å². The van der Waals surface area contributed by atoms with Crippen molar-refractivity contribution in [2.24, 2.45) is 5.41 Å². The quantitative estimate of drug-likeness (QED) is 0.737. The molecule has 1 unspecified atom stereocenters. The Balaban J connectivity index is 1.74. The Morgan fingerprint density at radius 1 is 1.16 bits per heavy atom. The van der Waals surface area contributed by atoms with Gasteiger partial charge in [0.2, 0.25) is 0 Å². The molecule has 160 valence electrons. The minimum Gasteiger partial charge on any atom is -0.495 e. The number of amides is 1. The normalized spacial score (nSPS) is 18.3.